The van der Waals surface area contributed by atoms with Gasteiger partial charge in [-0.15, -0.1) is 0 Å². The van der Waals surface area contributed by atoms with Gasteiger partial charge in [0.05, 0.1) is 0 Å². The van der Waals surface area contributed by atoms with Gasteiger partial charge in [0.25, 0.3) is 0 Å². The average Bonchev–Trinajstić information content (AvgIpc) is 2.75. The maximum Gasteiger partial charge on any atom is 0.127 e. The summed E-state index contributed by atoms with van der Waals surface area (Å²) < 4.78 is 0. The van der Waals surface area contributed by atoms with Gasteiger partial charge in [-0.2, -0.15) is 0 Å². The molecule has 32 heavy (non-hydrogen) atoms. The van der Waals surface area contributed by atoms with Crippen LogP contribution in [0.4, 0.5) is 0 Å². The first-order chi connectivity index (χ1) is 15.3. The van der Waals surface area contributed by atoms with E-state index in [9.17, 15) is 10.2 Å². The van der Waals surface area contributed by atoms with E-state index in [2.05, 4.69) is 40.7 Å². The van der Waals surface area contributed by atoms with Crippen LogP contribution >= 0.6 is 0 Å². The summed E-state index contributed by atoms with van der Waals surface area (Å²) in [6.45, 7) is 11.6. The van der Waals surface area contributed by atoms with Crippen LogP contribution < -0.4 is 0 Å². The Morgan fingerprint density at radius 3 is 2.00 bits per heavy atom. The van der Waals surface area contributed by atoms with Crippen LogP contribution in [0.5, 0.6) is 11.5 Å². The van der Waals surface area contributed by atoms with E-state index < -0.39 is 0 Å². The lowest BCUT2D eigenvalue weighted by Crippen LogP contribution is -2.00. The molecule has 2 nitrogen and oxygen atoms in total. The van der Waals surface area contributed by atoms with Crippen molar-refractivity contribution in [2.75, 3.05) is 0 Å². The van der Waals surface area contributed by atoms with Crippen molar-refractivity contribution < 1.29 is 10.2 Å². The van der Waals surface area contributed by atoms with Gasteiger partial charge in [0.1, 0.15) is 11.5 Å². The van der Waals surface area contributed by atoms with E-state index in [1.807, 2.05) is 24.3 Å². The maximum absolute atomic E-state index is 10.6. The zero-order chi connectivity index (χ0) is 23.5. The van der Waals surface area contributed by atoms with E-state index in [1.54, 1.807) is 6.07 Å². The molecule has 0 amide bonds. The van der Waals surface area contributed by atoms with Crippen molar-refractivity contribution in [1.29, 1.82) is 0 Å². The van der Waals surface area contributed by atoms with Gasteiger partial charge >= 0.3 is 0 Å². The predicted molar refractivity (Wildman–Crippen MR) is 139 cm³/mol. The zero-order valence-corrected chi connectivity index (χ0v) is 21.2. The van der Waals surface area contributed by atoms with Gasteiger partial charge in [0, 0.05) is 16.3 Å². The zero-order valence-electron chi connectivity index (χ0n) is 21.2. The molecule has 0 aliphatic heterocycles. The Kier molecular flexibility index (Phi) is 11.1. The number of rotatable bonds is 14. The highest BCUT2D eigenvalue weighted by Gasteiger charge is 2.10. The fourth-order valence-corrected chi connectivity index (χ4v) is 4.65. The Hall–Kier alpha value is -1.96. The van der Waals surface area contributed by atoms with Gasteiger partial charge in [0.2, 0.25) is 0 Å². The van der Waals surface area contributed by atoms with Crippen LogP contribution in [0, 0.1) is 17.8 Å². The lowest BCUT2D eigenvalue weighted by molar-refractivity contribution is 0.389. The fourth-order valence-electron chi connectivity index (χ4n) is 4.65. The average molecular weight is 439 g/mol. The molecule has 0 aromatic heterocycles. The minimum atomic E-state index is 0.238. The third-order valence-electron chi connectivity index (χ3n) is 6.88. The summed E-state index contributed by atoms with van der Waals surface area (Å²) in [6.07, 6.45) is 14.7. The Balaban J connectivity index is 1.69. The Labute approximate surface area is 196 Å². The number of fused-ring (bicyclic) bond motifs is 1. The van der Waals surface area contributed by atoms with Crippen LogP contribution in [-0.4, -0.2) is 10.2 Å². The van der Waals surface area contributed by atoms with Crippen LogP contribution in [0.1, 0.15) is 98.0 Å². The molecule has 2 N–H and O–H groups in total. The first-order valence-electron chi connectivity index (χ1n) is 12.9. The van der Waals surface area contributed by atoms with E-state index in [4.69, 9.17) is 0 Å². The molecule has 0 radical (unpaired) electrons. The molecule has 0 saturated carbocycles. The minimum absolute atomic E-state index is 0.238. The second-order valence-corrected chi connectivity index (χ2v) is 10.6. The molecule has 178 valence electrons. The standard InChI is InChI=1S/C30H46O2/c1-22(2)11-8-12-23(3)13-9-14-24(4)15-10-16-25(5)19-20-26-21-29(31)27-17-6-7-18-28(27)30(26)32/h6-7,17-19,21-24,31-32H,8-16,20H2,1-5H3. The van der Waals surface area contributed by atoms with Gasteiger partial charge in [0.15, 0.2) is 0 Å². The van der Waals surface area contributed by atoms with E-state index in [0.717, 1.165) is 35.1 Å². The summed E-state index contributed by atoms with van der Waals surface area (Å²) >= 11 is 0. The van der Waals surface area contributed by atoms with Crippen LogP contribution in [0.3, 0.4) is 0 Å². The molecule has 2 unspecified atom stereocenters. The van der Waals surface area contributed by atoms with Crippen molar-refractivity contribution in [2.45, 2.75) is 98.8 Å². The van der Waals surface area contributed by atoms with Gasteiger partial charge in [-0.1, -0.05) is 109 Å². The summed E-state index contributed by atoms with van der Waals surface area (Å²) in [4.78, 5) is 0. The molecule has 0 aliphatic carbocycles. The third-order valence-corrected chi connectivity index (χ3v) is 6.88. The second-order valence-electron chi connectivity index (χ2n) is 10.6. The molecule has 2 rings (SSSR count). The van der Waals surface area contributed by atoms with Crippen LogP contribution in [0.25, 0.3) is 10.8 Å². The smallest absolute Gasteiger partial charge is 0.127 e. The van der Waals surface area contributed by atoms with Crippen molar-refractivity contribution in [2.24, 2.45) is 17.8 Å². The van der Waals surface area contributed by atoms with Crippen molar-refractivity contribution in [3.05, 3.63) is 47.5 Å². The fraction of sp³-hybridized carbons (Fsp3) is 0.600. The molecule has 0 spiro atoms. The minimum Gasteiger partial charge on any atom is -0.507 e. The number of hydrogen-bond donors (Lipinski definition) is 2. The summed E-state index contributed by atoms with van der Waals surface area (Å²) in [5, 5.41) is 22.3. The normalized spacial score (nSPS) is 14.2. The molecule has 0 bridgehead atoms. The molecule has 2 aromatic carbocycles. The second kappa shape index (κ2) is 13.6. The summed E-state index contributed by atoms with van der Waals surface area (Å²) in [5.41, 5.74) is 2.15. The van der Waals surface area contributed by atoms with Crippen molar-refractivity contribution in [3.8, 4) is 11.5 Å². The summed E-state index contributed by atoms with van der Waals surface area (Å²) in [6, 6.07) is 9.16. The third kappa shape index (κ3) is 8.88. The van der Waals surface area contributed by atoms with Gasteiger partial charge in [-0.25, -0.2) is 0 Å². The van der Waals surface area contributed by atoms with Crippen LogP contribution in [-0.2, 0) is 6.42 Å². The first-order valence-corrected chi connectivity index (χ1v) is 12.9. The molecule has 0 fully saturated rings. The first kappa shape index (κ1) is 26.3. The van der Waals surface area contributed by atoms with E-state index in [1.165, 1.54) is 56.9 Å². The molecule has 0 heterocycles. The van der Waals surface area contributed by atoms with E-state index in [-0.39, 0.29) is 11.5 Å². The SMILES string of the molecule is CC(=CCc1cc(O)c2ccccc2c1O)CCCC(C)CCCC(C)CCCC(C)C. The van der Waals surface area contributed by atoms with E-state index in [0.29, 0.717) is 11.8 Å². The number of benzene rings is 2. The van der Waals surface area contributed by atoms with Crippen molar-refractivity contribution in [1.82, 2.24) is 0 Å². The molecular formula is C30H46O2. The number of allylic oxidation sites excluding steroid dienone is 2. The Bertz CT molecular complexity index is 849. The Morgan fingerprint density at radius 2 is 1.38 bits per heavy atom. The highest BCUT2D eigenvalue weighted by Crippen LogP contribution is 2.35. The number of phenolic OH excluding ortho intramolecular Hbond substituents is 2. The molecule has 2 heteroatoms. The monoisotopic (exact) mass is 438 g/mol. The van der Waals surface area contributed by atoms with Gasteiger partial charge < -0.3 is 10.2 Å². The summed E-state index contributed by atoms with van der Waals surface area (Å²) in [7, 11) is 0. The van der Waals surface area contributed by atoms with Gasteiger partial charge in [-0.05, 0) is 50.0 Å². The van der Waals surface area contributed by atoms with Crippen molar-refractivity contribution in [3.63, 3.8) is 0 Å². The number of phenols is 2. The van der Waals surface area contributed by atoms with Crippen molar-refractivity contribution >= 4 is 10.8 Å². The van der Waals surface area contributed by atoms with Crippen LogP contribution in [0.2, 0.25) is 0 Å². The summed E-state index contributed by atoms with van der Waals surface area (Å²) in [5.74, 6) is 3.03. The Morgan fingerprint density at radius 1 is 0.812 bits per heavy atom. The maximum atomic E-state index is 10.6. The molecule has 0 saturated heterocycles. The predicted octanol–water partition coefficient (Wildman–Crippen LogP) is 9.18. The highest BCUT2D eigenvalue weighted by molar-refractivity contribution is 5.94. The van der Waals surface area contributed by atoms with Gasteiger partial charge in [-0.3, -0.25) is 0 Å². The highest BCUT2D eigenvalue weighted by atomic mass is 16.3. The largest absolute Gasteiger partial charge is 0.507 e. The van der Waals surface area contributed by atoms with Crippen LogP contribution in [0.15, 0.2) is 42.0 Å². The molecular weight excluding hydrogens is 392 g/mol. The quantitative estimate of drug-likeness (QED) is 0.228. The number of hydrogen-bond acceptors (Lipinski definition) is 2. The topological polar surface area (TPSA) is 40.5 Å². The molecule has 2 atom stereocenters. The number of aromatic hydroxyl groups is 2. The lowest BCUT2D eigenvalue weighted by Gasteiger charge is -2.15. The van der Waals surface area contributed by atoms with E-state index >= 15 is 0 Å². The molecule has 2 aromatic rings. The molecule has 0 aliphatic rings. The lowest BCUT2D eigenvalue weighted by atomic mass is 9.91.